The van der Waals surface area contributed by atoms with Gasteiger partial charge in [0.05, 0.1) is 12.3 Å². The van der Waals surface area contributed by atoms with Gasteiger partial charge in [0, 0.05) is 31.7 Å². The Hall–Kier alpha value is -0.830. The summed E-state index contributed by atoms with van der Waals surface area (Å²) in [5.74, 6) is 2.72. The summed E-state index contributed by atoms with van der Waals surface area (Å²) in [6.45, 7) is 14.3. The molecule has 0 fully saturated rings. The molecule has 0 spiro atoms. The Bertz CT molecular complexity index is 488. The van der Waals surface area contributed by atoms with Crippen LogP contribution in [0.3, 0.4) is 0 Å². The van der Waals surface area contributed by atoms with Crippen molar-refractivity contribution < 1.29 is 9.26 Å². The van der Waals surface area contributed by atoms with Crippen LogP contribution < -0.4 is 10.6 Å². The zero-order valence-corrected chi connectivity index (χ0v) is 19.3. The fourth-order valence-electron chi connectivity index (χ4n) is 2.46. The average molecular weight is 480 g/mol. The second-order valence-corrected chi connectivity index (χ2v) is 6.65. The minimum Gasteiger partial charge on any atom is -0.380 e. The van der Waals surface area contributed by atoms with Crippen molar-refractivity contribution in [1.29, 1.82) is 0 Å². The molecule has 0 aromatic carbocycles. The van der Waals surface area contributed by atoms with Crippen LogP contribution in [0.4, 0.5) is 0 Å². The molecule has 1 aromatic heterocycles. The van der Waals surface area contributed by atoms with E-state index in [1.807, 2.05) is 6.07 Å². The normalized spacial score (nSPS) is 11.7. The molecule has 0 bridgehead atoms. The van der Waals surface area contributed by atoms with E-state index in [1.54, 1.807) is 0 Å². The maximum Gasteiger partial charge on any atom is 0.191 e. The maximum absolute atomic E-state index is 5.62. The van der Waals surface area contributed by atoms with Crippen LogP contribution in [0, 0.1) is 5.92 Å². The van der Waals surface area contributed by atoms with Crippen molar-refractivity contribution >= 4 is 29.9 Å². The van der Waals surface area contributed by atoms with Gasteiger partial charge in [-0.25, -0.2) is 4.99 Å². The Kier molecular flexibility index (Phi) is 14.8. The largest absolute Gasteiger partial charge is 0.380 e. The summed E-state index contributed by atoms with van der Waals surface area (Å²) in [5, 5.41) is 10.7. The Balaban J connectivity index is 0.00000625. The Morgan fingerprint density at radius 2 is 1.92 bits per heavy atom. The summed E-state index contributed by atoms with van der Waals surface area (Å²) in [6, 6.07) is 2.03. The second kappa shape index (κ2) is 15.2. The van der Waals surface area contributed by atoms with Gasteiger partial charge in [0.15, 0.2) is 11.7 Å². The number of nitrogens with one attached hydrogen (secondary N) is 2. The first-order chi connectivity index (χ1) is 12.1. The molecule has 0 amide bonds. The molecule has 0 aliphatic carbocycles. The summed E-state index contributed by atoms with van der Waals surface area (Å²) < 4.78 is 11.0. The zero-order chi connectivity index (χ0) is 18.5. The average Bonchev–Trinajstić information content (AvgIpc) is 3.05. The third-order valence-corrected chi connectivity index (χ3v) is 4.10. The molecule has 2 N–H and O–H groups in total. The highest BCUT2D eigenvalue weighted by Crippen LogP contribution is 2.22. The Labute approximate surface area is 175 Å². The van der Waals surface area contributed by atoms with Crippen molar-refractivity contribution in [3.05, 3.63) is 17.5 Å². The van der Waals surface area contributed by atoms with Crippen LogP contribution in [0.25, 0.3) is 0 Å². The van der Waals surface area contributed by atoms with Crippen molar-refractivity contribution in [2.45, 2.75) is 66.3 Å². The predicted molar refractivity (Wildman–Crippen MR) is 118 cm³/mol. The van der Waals surface area contributed by atoms with Gasteiger partial charge in [-0.3, -0.25) is 0 Å². The van der Waals surface area contributed by atoms with Crippen molar-refractivity contribution in [3.8, 4) is 0 Å². The molecule has 0 saturated carbocycles. The van der Waals surface area contributed by atoms with Crippen LogP contribution in [-0.2, 0) is 11.3 Å². The molecule has 0 saturated heterocycles. The van der Waals surface area contributed by atoms with E-state index in [1.165, 1.54) is 0 Å². The van der Waals surface area contributed by atoms with Gasteiger partial charge < -0.3 is 19.9 Å². The van der Waals surface area contributed by atoms with Gasteiger partial charge in [-0.2, -0.15) is 0 Å². The fraction of sp³-hybridized carbons (Fsp3) is 0.789. The van der Waals surface area contributed by atoms with Crippen LogP contribution in [0.2, 0.25) is 0 Å². The standard InChI is InChI=1S/C19H36N4O2.HI/c1-6-16(7-2)18-13-17(25-23-18)14-22-19(20-8-3)21-10-12-24-11-9-15(4)5;/h13,15-16H,6-12,14H2,1-5H3,(H2,20,21,22);1H. The van der Waals surface area contributed by atoms with Crippen molar-refractivity contribution in [2.75, 3.05) is 26.3 Å². The number of rotatable bonds is 12. The molecule has 6 nitrogen and oxygen atoms in total. The van der Waals surface area contributed by atoms with Gasteiger partial charge in [-0.05, 0) is 32.1 Å². The summed E-state index contributed by atoms with van der Waals surface area (Å²) in [4.78, 5) is 4.56. The van der Waals surface area contributed by atoms with E-state index in [-0.39, 0.29) is 24.0 Å². The van der Waals surface area contributed by atoms with Gasteiger partial charge in [0.25, 0.3) is 0 Å². The van der Waals surface area contributed by atoms with Gasteiger partial charge in [-0.1, -0.05) is 32.9 Å². The van der Waals surface area contributed by atoms with Gasteiger partial charge in [0.1, 0.15) is 6.54 Å². The minimum absolute atomic E-state index is 0. The van der Waals surface area contributed by atoms with Gasteiger partial charge >= 0.3 is 0 Å². The number of aliphatic imine (C=N–C) groups is 1. The number of hydrogen-bond acceptors (Lipinski definition) is 4. The maximum atomic E-state index is 5.62. The van der Waals surface area contributed by atoms with Crippen molar-refractivity contribution in [3.63, 3.8) is 0 Å². The van der Waals surface area contributed by atoms with E-state index in [0.717, 1.165) is 56.4 Å². The summed E-state index contributed by atoms with van der Waals surface area (Å²) in [7, 11) is 0. The molecule has 0 unspecified atom stereocenters. The number of nitrogens with zero attached hydrogens (tertiary/aromatic N) is 2. The molecule has 0 aliphatic rings. The molecular formula is C19H37IN4O2. The van der Waals surface area contributed by atoms with E-state index >= 15 is 0 Å². The molecular weight excluding hydrogens is 443 g/mol. The Morgan fingerprint density at radius 1 is 1.19 bits per heavy atom. The lowest BCUT2D eigenvalue weighted by molar-refractivity contribution is 0.128. The van der Waals surface area contributed by atoms with Gasteiger partial charge in [0.2, 0.25) is 0 Å². The smallest absolute Gasteiger partial charge is 0.191 e. The van der Waals surface area contributed by atoms with Crippen LogP contribution in [0.15, 0.2) is 15.6 Å². The summed E-state index contributed by atoms with van der Waals surface area (Å²) >= 11 is 0. The molecule has 0 aliphatic heterocycles. The monoisotopic (exact) mass is 480 g/mol. The lowest BCUT2D eigenvalue weighted by atomic mass is 9.99. The van der Waals surface area contributed by atoms with E-state index in [2.05, 4.69) is 55.4 Å². The third kappa shape index (κ3) is 10.4. The number of ether oxygens (including phenoxy) is 1. The van der Waals surface area contributed by atoms with E-state index in [9.17, 15) is 0 Å². The topological polar surface area (TPSA) is 71.7 Å². The lowest BCUT2D eigenvalue weighted by Gasteiger charge is -2.11. The highest BCUT2D eigenvalue weighted by Gasteiger charge is 2.12. The number of halogens is 1. The molecule has 1 aromatic rings. The van der Waals surface area contributed by atoms with E-state index in [4.69, 9.17) is 9.26 Å². The van der Waals surface area contributed by atoms with Crippen molar-refractivity contribution in [2.24, 2.45) is 10.9 Å². The minimum atomic E-state index is 0. The fourth-order valence-corrected chi connectivity index (χ4v) is 2.46. The van der Waals surface area contributed by atoms with Crippen LogP contribution in [0.1, 0.15) is 71.3 Å². The number of aromatic nitrogens is 1. The van der Waals surface area contributed by atoms with Crippen LogP contribution in [0.5, 0.6) is 0 Å². The third-order valence-electron chi connectivity index (χ3n) is 4.10. The number of hydrogen-bond donors (Lipinski definition) is 2. The molecule has 1 heterocycles. The van der Waals surface area contributed by atoms with E-state index in [0.29, 0.717) is 25.0 Å². The van der Waals surface area contributed by atoms with Crippen molar-refractivity contribution in [1.82, 2.24) is 15.8 Å². The van der Waals surface area contributed by atoms with Crippen LogP contribution >= 0.6 is 24.0 Å². The summed E-state index contributed by atoms with van der Waals surface area (Å²) in [6.07, 6.45) is 3.25. The zero-order valence-electron chi connectivity index (χ0n) is 17.0. The summed E-state index contributed by atoms with van der Waals surface area (Å²) in [5.41, 5.74) is 1.03. The molecule has 26 heavy (non-hydrogen) atoms. The highest BCUT2D eigenvalue weighted by molar-refractivity contribution is 14.0. The first-order valence-electron chi connectivity index (χ1n) is 9.65. The number of guanidine groups is 1. The van der Waals surface area contributed by atoms with Gasteiger partial charge in [-0.15, -0.1) is 24.0 Å². The molecule has 7 heteroatoms. The quantitative estimate of drug-likeness (QED) is 0.202. The SMILES string of the molecule is CCNC(=NCc1cc(C(CC)CC)no1)NCCOCCC(C)C.I. The highest BCUT2D eigenvalue weighted by atomic mass is 127. The first kappa shape index (κ1) is 25.2. The molecule has 0 radical (unpaired) electrons. The molecule has 152 valence electrons. The predicted octanol–water partition coefficient (Wildman–Crippen LogP) is 4.31. The van der Waals surface area contributed by atoms with E-state index < -0.39 is 0 Å². The molecule has 1 rings (SSSR count). The van der Waals surface area contributed by atoms with Crippen LogP contribution in [-0.4, -0.2) is 37.4 Å². The second-order valence-electron chi connectivity index (χ2n) is 6.65. The first-order valence-corrected chi connectivity index (χ1v) is 9.65. The Morgan fingerprint density at radius 3 is 2.54 bits per heavy atom. The lowest BCUT2D eigenvalue weighted by Crippen LogP contribution is -2.39. The molecule has 0 atom stereocenters.